The minimum absolute atomic E-state index is 0.130. The zero-order chi connectivity index (χ0) is 13.9. The van der Waals surface area contributed by atoms with Crippen LogP contribution >= 0.6 is 15.9 Å². The first kappa shape index (κ1) is 13.4. The Labute approximate surface area is 125 Å². The molecule has 0 spiro atoms. The number of aromatic nitrogens is 2. The highest BCUT2D eigenvalue weighted by Crippen LogP contribution is 2.31. The fraction of sp³-hybridized carbons (Fsp3) is 0.429. The van der Waals surface area contributed by atoms with Crippen molar-refractivity contribution in [3.05, 3.63) is 22.7 Å². The minimum atomic E-state index is 0.130. The Morgan fingerprint density at radius 2 is 1.90 bits per heavy atom. The number of halogens is 1. The Balaban J connectivity index is 1.85. The van der Waals surface area contributed by atoms with Crippen LogP contribution in [0.2, 0.25) is 0 Å². The van der Waals surface area contributed by atoms with Crippen LogP contribution in [0.25, 0.3) is 11.5 Å². The number of nitrogens with zero attached hydrogens (tertiary/aromatic N) is 3. The van der Waals surface area contributed by atoms with Gasteiger partial charge in [-0.25, -0.2) is 0 Å². The molecule has 0 saturated carbocycles. The summed E-state index contributed by atoms with van der Waals surface area (Å²) in [5, 5.41) is 14.0. The quantitative estimate of drug-likeness (QED) is 0.907. The fourth-order valence-electron chi connectivity index (χ4n) is 2.41. The second kappa shape index (κ2) is 5.83. The third-order valence-corrected chi connectivity index (χ3v) is 3.99. The highest BCUT2D eigenvalue weighted by Gasteiger charge is 2.18. The monoisotopic (exact) mass is 337 g/mol. The van der Waals surface area contributed by atoms with E-state index in [2.05, 4.69) is 31.0 Å². The van der Waals surface area contributed by atoms with Gasteiger partial charge >= 0.3 is 0 Å². The number of hydrogen-bond donors (Lipinski definition) is 1. The van der Waals surface area contributed by atoms with Crippen LogP contribution < -0.4 is 4.90 Å². The van der Waals surface area contributed by atoms with Crippen molar-refractivity contribution in [2.24, 2.45) is 0 Å². The Bertz CT molecular complexity index is 592. The van der Waals surface area contributed by atoms with Crippen molar-refractivity contribution >= 4 is 21.9 Å². The standard InChI is InChI=1S/C14H16BrN3O2/c15-10-5-6-11(12(19)9-10)13-16-14(17-20-13)18-7-3-1-2-4-8-18/h5-6,9,19H,1-4,7-8H2. The lowest BCUT2D eigenvalue weighted by Crippen LogP contribution is -2.24. The number of phenolic OH excluding ortho intramolecular Hbond substituents is 1. The molecule has 20 heavy (non-hydrogen) atoms. The van der Waals surface area contributed by atoms with Gasteiger partial charge in [-0.1, -0.05) is 28.8 Å². The maximum Gasteiger partial charge on any atom is 0.266 e. The van der Waals surface area contributed by atoms with E-state index in [0.717, 1.165) is 30.4 Å². The van der Waals surface area contributed by atoms with Crippen LogP contribution in [0.5, 0.6) is 5.75 Å². The van der Waals surface area contributed by atoms with E-state index in [1.54, 1.807) is 12.1 Å². The zero-order valence-corrected chi connectivity index (χ0v) is 12.6. The first-order valence-electron chi connectivity index (χ1n) is 6.81. The lowest BCUT2D eigenvalue weighted by atomic mass is 10.2. The Morgan fingerprint density at radius 3 is 2.60 bits per heavy atom. The van der Waals surface area contributed by atoms with Crippen molar-refractivity contribution in [2.75, 3.05) is 18.0 Å². The van der Waals surface area contributed by atoms with Crippen molar-refractivity contribution < 1.29 is 9.63 Å². The predicted molar refractivity (Wildman–Crippen MR) is 79.8 cm³/mol. The number of rotatable bonds is 2. The highest BCUT2D eigenvalue weighted by molar-refractivity contribution is 9.10. The first-order valence-corrected chi connectivity index (χ1v) is 7.61. The van der Waals surface area contributed by atoms with Crippen LogP contribution in [0.15, 0.2) is 27.2 Å². The van der Waals surface area contributed by atoms with Gasteiger partial charge in [-0.15, -0.1) is 0 Å². The molecule has 0 aliphatic carbocycles. The van der Waals surface area contributed by atoms with Crippen molar-refractivity contribution in [2.45, 2.75) is 25.7 Å². The van der Waals surface area contributed by atoms with Crippen molar-refractivity contribution in [3.8, 4) is 17.2 Å². The maximum atomic E-state index is 9.94. The smallest absolute Gasteiger partial charge is 0.266 e. The van der Waals surface area contributed by atoms with E-state index in [-0.39, 0.29) is 5.75 Å². The molecule has 1 aromatic carbocycles. The predicted octanol–water partition coefficient (Wildman–Crippen LogP) is 3.59. The van der Waals surface area contributed by atoms with Crippen LogP contribution in [0.3, 0.4) is 0 Å². The Kier molecular flexibility index (Phi) is 3.91. The van der Waals surface area contributed by atoms with E-state index in [4.69, 9.17) is 4.52 Å². The molecule has 1 aliphatic heterocycles. The first-order chi connectivity index (χ1) is 9.74. The molecule has 6 heteroatoms. The van der Waals surface area contributed by atoms with E-state index in [1.165, 1.54) is 12.8 Å². The summed E-state index contributed by atoms with van der Waals surface area (Å²) in [5.41, 5.74) is 0.557. The maximum absolute atomic E-state index is 9.94. The molecule has 106 valence electrons. The number of benzene rings is 1. The van der Waals surface area contributed by atoms with Crippen LogP contribution in [-0.4, -0.2) is 28.3 Å². The highest BCUT2D eigenvalue weighted by atomic mass is 79.9. The van der Waals surface area contributed by atoms with Gasteiger partial charge in [-0.05, 0) is 36.2 Å². The normalized spacial score (nSPS) is 16.1. The summed E-state index contributed by atoms with van der Waals surface area (Å²) in [6, 6.07) is 5.22. The summed E-state index contributed by atoms with van der Waals surface area (Å²) < 4.78 is 6.10. The molecule has 1 aromatic heterocycles. The van der Waals surface area contributed by atoms with Gasteiger partial charge in [0.05, 0.1) is 5.56 Å². The fourth-order valence-corrected chi connectivity index (χ4v) is 2.76. The molecule has 0 radical (unpaired) electrons. The second-order valence-corrected chi connectivity index (χ2v) is 5.88. The van der Waals surface area contributed by atoms with Crippen molar-refractivity contribution in [1.82, 2.24) is 10.1 Å². The summed E-state index contributed by atoms with van der Waals surface area (Å²) in [7, 11) is 0. The minimum Gasteiger partial charge on any atom is -0.507 e. The second-order valence-electron chi connectivity index (χ2n) is 4.96. The number of phenols is 1. The molecule has 2 aromatic rings. The Morgan fingerprint density at radius 1 is 1.15 bits per heavy atom. The summed E-state index contributed by atoms with van der Waals surface area (Å²) in [6.45, 7) is 1.93. The SMILES string of the molecule is Oc1cc(Br)ccc1-c1nc(N2CCCCCC2)no1. The molecule has 1 aliphatic rings. The molecular formula is C14H16BrN3O2. The van der Waals surface area contributed by atoms with Crippen LogP contribution in [-0.2, 0) is 0 Å². The van der Waals surface area contributed by atoms with E-state index in [9.17, 15) is 5.11 Å². The third kappa shape index (κ3) is 2.80. The van der Waals surface area contributed by atoms with Crippen molar-refractivity contribution in [1.29, 1.82) is 0 Å². The average Bonchev–Trinajstić information content (AvgIpc) is 2.74. The Hall–Kier alpha value is -1.56. The molecule has 1 fully saturated rings. The van der Waals surface area contributed by atoms with E-state index >= 15 is 0 Å². The zero-order valence-electron chi connectivity index (χ0n) is 11.0. The summed E-state index contributed by atoms with van der Waals surface area (Å²) in [6.07, 6.45) is 4.84. The van der Waals surface area contributed by atoms with Crippen LogP contribution in [0.4, 0.5) is 5.95 Å². The topological polar surface area (TPSA) is 62.4 Å². The van der Waals surface area contributed by atoms with Gasteiger partial charge in [0.2, 0.25) is 0 Å². The summed E-state index contributed by atoms with van der Waals surface area (Å²) >= 11 is 3.31. The van der Waals surface area contributed by atoms with Gasteiger partial charge in [0.1, 0.15) is 5.75 Å². The van der Waals surface area contributed by atoms with E-state index in [1.807, 2.05) is 6.07 Å². The van der Waals surface area contributed by atoms with E-state index in [0.29, 0.717) is 17.4 Å². The van der Waals surface area contributed by atoms with Gasteiger partial charge < -0.3 is 14.5 Å². The third-order valence-electron chi connectivity index (χ3n) is 3.49. The number of anilines is 1. The average molecular weight is 338 g/mol. The van der Waals surface area contributed by atoms with E-state index < -0.39 is 0 Å². The molecule has 0 unspecified atom stereocenters. The molecule has 5 nitrogen and oxygen atoms in total. The molecule has 0 amide bonds. The number of hydrogen-bond acceptors (Lipinski definition) is 5. The van der Waals surface area contributed by atoms with Crippen LogP contribution in [0, 0.1) is 0 Å². The molecule has 0 atom stereocenters. The lowest BCUT2D eigenvalue weighted by Gasteiger charge is -2.16. The lowest BCUT2D eigenvalue weighted by molar-refractivity contribution is 0.423. The molecular weight excluding hydrogens is 322 g/mol. The van der Waals surface area contributed by atoms with Gasteiger partial charge in [-0.3, -0.25) is 0 Å². The molecule has 1 N–H and O–H groups in total. The largest absolute Gasteiger partial charge is 0.507 e. The summed E-state index contributed by atoms with van der Waals surface area (Å²) in [5.74, 6) is 1.10. The molecule has 0 bridgehead atoms. The van der Waals surface area contributed by atoms with Gasteiger partial charge in [-0.2, -0.15) is 4.98 Å². The summed E-state index contributed by atoms with van der Waals surface area (Å²) in [4.78, 5) is 6.56. The van der Waals surface area contributed by atoms with Crippen molar-refractivity contribution in [3.63, 3.8) is 0 Å². The number of aromatic hydroxyl groups is 1. The molecule has 1 saturated heterocycles. The van der Waals surface area contributed by atoms with Gasteiger partial charge in [0.25, 0.3) is 11.8 Å². The van der Waals surface area contributed by atoms with Gasteiger partial charge in [0, 0.05) is 17.6 Å². The molecule has 3 rings (SSSR count). The molecule has 2 heterocycles. The van der Waals surface area contributed by atoms with Crippen LogP contribution in [0.1, 0.15) is 25.7 Å². The van der Waals surface area contributed by atoms with Gasteiger partial charge in [0.15, 0.2) is 0 Å².